The molecule has 4 heteroatoms. The van der Waals surface area contributed by atoms with Crippen molar-refractivity contribution in [1.29, 1.82) is 0 Å². The lowest BCUT2D eigenvalue weighted by Gasteiger charge is -2.19. The molecule has 0 radical (unpaired) electrons. The number of rotatable bonds is 3. The Morgan fingerprint density at radius 3 is 2.35 bits per heavy atom. The predicted octanol–water partition coefficient (Wildman–Crippen LogP) is 3.10. The Morgan fingerprint density at radius 2 is 1.70 bits per heavy atom. The zero-order valence-corrected chi connectivity index (χ0v) is 13.2. The van der Waals surface area contributed by atoms with Gasteiger partial charge in [-0.3, -0.25) is 4.79 Å². The second kappa shape index (κ2) is 6.18. The first-order valence-electron chi connectivity index (χ1n) is 7.43. The van der Waals surface area contributed by atoms with Crippen molar-refractivity contribution >= 4 is 16.8 Å². The Morgan fingerprint density at radius 1 is 1.04 bits per heavy atom. The van der Waals surface area contributed by atoms with E-state index in [9.17, 15) is 9.90 Å². The maximum absolute atomic E-state index is 12.7. The monoisotopic (exact) mass is 306 g/mol. The lowest BCUT2D eigenvalue weighted by atomic mass is 9.93. The van der Waals surface area contributed by atoms with E-state index in [1.165, 1.54) is 4.90 Å². The molecule has 4 nitrogen and oxygen atoms in total. The second-order valence-corrected chi connectivity index (χ2v) is 5.55. The van der Waals surface area contributed by atoms with Crippen LogP contribution in [-0.2, 0) is 6.61 Å². The number of aliphatic hydroxyl groups is 1. The molecule has 1 aromatic heterocycles. The molecule has 2 aromatic carbocycles. The minimum atomic E-state index is -0.278. The molecule has 3 aromatic rings. The molecule has 1 amide bonds. The highest BCUT2D eigenvalue weighted by molar-refractivity contribution is 6.09. The van der Waals surface area contributed by atoms with Gasteiger partial charge in [-0.2, -0.15) is 0 Å². The highest BCUT2D eigenvalue weighted by atomic mass is 16.3. The summed E-state index contributed by atoms with van der Waals surface area (Å²) in [5, 5.41) is 10.7. The molecule has 0 aliphatic carbocycles. The van der Waals surface area contributed by atoms with E-state index in [-0.39, 0.29) is 12.5 Å². The third-order valence-electron chi connectivity index (χ3n) is 3.80. The fourth-order valence-electron chi connectivity index (χ4n) is 2.74. The zero-order valence-electron chi connectivity index (χ0n) is 13.2. The van der Waals surface area contributed by atoms with Crippen LogP contribution in [0.4, 0.5) is 0 Å². The molecule has 0 bridgehead atoms. The Bertz CT molecular complexity index is 858. The van der Waals surface area contributed by atoms with Crippen LogP contribution in [-0.4, -0.2) is 35.0 Å². The van der Waals surface area contributed by atoms with Crippen LogP contribution in [0.15, 0.2) is 54.6 Å². The molecule has 0 atom stereocenters. The molecular weight excluding hydrogens is 288 g/mol. The summed E-state index contributed by atoms with van der Waals surface area (Å²) in [5.74, 6) is -0.161. The average molecular weight is 306 g/mol. The van der Waals surface area contributed by atoms with E-state index in [0.717, 1.165) is 22.0 Å². The van der Waals surface area contributed by atoms with Crippen molar-refractivity contribution in [2.45, 2.75) is 6.61 Å². The highest BCUT2D eigenvalue weighted by Gasteiger charge is 2.22. The number of fused-ring (bicyclic) bond motifs is 1. The van der Waals surface area contributed by atoms with Gasteiger partial charge in [-0.25, -0.2) is 4.98 Å². The summed E-state index contributed by atoms with van der Waals surface area (Å²) in [7, 11) is 3.40. The second-order valence-electron chi connectivity index (χ2n) is 5.55. The van der Waals surface area contributed by atoms with Crippen molar-refractivity contribution in [3.63, 3.8) is 0 Å². The van der Waals surface area contributed by atoms with Crippen LogP contribution in [0.25, 0.3) is 22.0 Å². The number of aliphatic hydroxyl groups excluding tert-OH is 1. The van der Waals surface area contributed by atoms with Gasteiger partial charge in [-0.15, -0.1) is 0 Å². The van der Waals surface area contributed by atoms with Gasteiger partial charge in [0, 0.05) is 25.0 Å². The normalized spacial score (nSPS) is 10.7. The average Bonchev–Trinajstić information content (AvgIpc) is 2.60. The van der Waals surface area contributed by atoms with E-state index in [1.54, 1.807) is 14.1 Å². The summed E-state index contributed by atoms with van der Waals surface area (Å²) in [6.45, 7) is -0.278. The number of hydrogen-bond donors (Lipinski definition) is 1. The minimum Gasteiger partial charge on any atom is -0.390 e. The molecule has 0 aliphatic rings. The fraction of sp³-hybridized carbons (Fsp3) is 0.158. The first kappa shape index (κ1) is 15.2. The molecule has 0 saturated heterocycles. The minimum absolute atomic E-state index is 0.161. The van der Waals surface area contributed by atoms with E-state index in [0.29, 0.717) is 11.3 Å². The zero-order chi connectivity index (χ0) is 16.4. The lowest BCUT2D eigenvalue weighted by molar-refractivity contribution is 0.0824. The highest BCUT2D eigenvalue weighted by Crippen LogP contribution is 2.33. The van der Waals surface area contributed by atoms with Gasteiger partial charge in [0.1, 0.15) is 0 Å². The van der Waals surface area contributed by atoms with Crippen LogP contribution < -0.4 is 0 Å². The van der Waals surface area contributed by atoms with Crippen molar-refractivity contribution in [3.05, 3.63) is 65.9 Å². The summed E-state index contributed by atoms with van der Waals surface area (Å²) in [5.41, 5.74) is 3.39. The fourth-order valence-corrected chi connectivity index (χ4v) is 2.74. The molecule has 0 saturated carbocycles. The first-order valence-corrected chi connectivity index (χ1v) is 7.43. The molecule has 23 heavy (non-hydrogen) atoms. The number of hydrogen-bond acceptors (Lipinski definition) is 3. The molecule has 0 aliphatic heterocycles. The number of benzene rings is 2. The van der Waals surface area contributed by atoms with Crippen LogP contribution >= 0.6 is 0 Å². The van der Waals surface area contributed by atoms with Gasteiger partial charge in [0.2, 0.25) is 0 Å². The van der Waals surface area contributed by atoms with Crippen LogP contribution in [0.1, 0.15) is 16.1 Å². The molecule has 1 heterocycles. The number of carbonyl (C=O) groups excluding carboxylic acids is 1. The number of nitrogens with zero attached hydrogens (tertiary/aromatic N) is 2. The number of para-hydroxylation sites is 1. The molecule has 3 rings (SSSR count). The largest absolute Gasteiger partial charge is 0.390 e. The number of carbonyl (C=O) groups is 1. The molecular formula is C19H18N2O2. The quantitative estimate of drug-likeness (QED) is 0.809. The molecule has 0 fully saturated rings. The maximum atomic E-state index is 12.7. The third-order valence-corrected chi connectivity index (χ3v) is 3.80. The van der Waals surface area contributed by atoms with Gasteiger partial charge in [-0.05, 0) is 11.6 Å². The number of amides is 1. The van der Waals surface area contributed by atoms with Gasteiger partial charge in [-0.1, -0.05) is 48.5 Å². The van der Waals surface area contributed by atoms with E-state index in [4.69, 9.17) is 0 Å². The van der Waals surface area contributed by atoms with Crippen molar-refractivity contribution in [2.75, 3.05) is 14.1 Å². The summed E-state index contributed by atoms with van der Waals surface area (Å²) in [6, 6.07) is 17.4. The molecule has 0 spiro atoms. The van der Waals surface area contributed by atoms with Crippen LogP contribution in [0.3, 0.4) is 0 Å². The van der Waals surface area contributed by atoms with Gasteiger partial charge in [0.15, 0.2) is 0 Å². The SMILES string of the molecule is CN(C)C(=O)c1c(CO)nc2ccccc2c1-c1ccccc1. The third kappa shape index (κ3) is 2.69. The van der Waals surface area contributed by atoms with E-state index in [1.807, 2.05) is 54.6 Å². The van der Waals surface area contributed by atoms with Crippen molar-refractivity contribution in [3.8, 4) is 11.1 Å². The summed E-state index contributed by atoms with van der Waals surface area (Å²) in [4.78, 5) is 18.7. The van der Waals surface area contributed by atoms with Crippen LogP contribution in [0.5, 0.6) is 0 Å². The smallest absolute Gasteiger partial charge is 0.255 e. The van der Waals surface area contributed by atoms with Crippen LogP contribution in [0.2, 0.25) is 0 Å². The topological polar surface area (TPSA) is 53.4 Å². The van der Waals surface area contributed by atoms with E-state index < -0.39 is 0 Å². The Labute approximate surface area is 135 Å². The van der Waals surface area contributed by atoms with Crippen molar-refractivity contribution in [1.82, 2.24) is 9.88 Å². The van der Waals surface area contributed by atoms with E-state index >= 15 is 0 Å². The Hall–Kier alpha value is -2.72. The molecule has 116 valence electrons. The standard InChI is InChI=1S/C19H18N2O2/c1-21(2)19(23)18-16(12-22)20-15-11-7-6-10-14(15)17(18)13-8-4-3-5-9-13/h3-11,22H,12H2,1-2H3. The summed E-state index contributed by atoms with van der Waals surface area (Å²) in [6.07, 6.45) is 0. The molecule has 0 unspecified atom stereocenters. The maximum Gasteiger partial charge on any atom is 0.255 e. The van der Waals surface area contributed by atoms with E-state index in [2.05, 4.69) is 4.98 Å². The van der Waals surface area contributed by atoms with Crippen molar-refractivity contribution < 1.29 is 9.90 Å². The van der Waals surface area contributed by atoms with Gasteiger partial charge in [0.05, 0.1) is 23.4 Å². The Kier molecular flexibility index (Phi) is 4.08. The Balaban J connectivity index is 2.45. The van der Waals surface area contributed by atoms with Crippen molar-refractivity contribution in [2.24, 2.45) is 0 Å². The van der Waals surface area contributed by atoms with Gasteiger partial charge in [0.25, 0.3) is 5.91 Å². The first-order chi connectivity index (χ1) is 11.1. The lowest BCUT2D eigenvalue weighted by Crippen LogP contribution is -2.24. The number of pyridine rings is 1. The number of aromatic nitrogens is 1. The van der Waals surface area contributed by atoms with Crippen LogP contribution in [0, 0.1) is 0 Å². The summed E-state index contributed by atoms with van der Waals surface area (Å²) < 4.78 is 0. The summed E-state index contributed by atoms with van der Waals surface area (Å²) >= 11 is 0. The van der Waals surface area contributed by atoms with Gasteiger partial charge >= 0.3 is 0 Å². The predicted molar refractivity (Wildman–Crippen MR) is 91.1 cm³/mol. The molecule has 1 N–H and O–H groups in total. The van der Waals surface area contributed by atoms with Gasteiger partial charge < -0.3 is 10.0 Å².